The number of hydrogen-bond acceptors (Lipinski definition) is 11. The lowest BCUT2D eigenvalue weighted by atomic mass is 10.1. The molecule has 0 atom stereocenters. The van der Waals surface area contributed by atoms with Gasteiger partial charge in [-0.3, -0.25) is 10.1 Å². The molecule has 0 saturated carbocycles. The molecular weight excluding hydrogens is 442 g/mol. The third-order valence-electron chi connectivity index (χ3n) is 4.49. The van der Waals surface area contributed by atoms with Crippen LogP contribution in [0.5, 0.6) is 6.01 Å². The van der Waals surface area contributed by atoms with Crippen LogP contribution in [0.15, 0.2) is 39.9 Å². The molecule has 0 radical (unpaired) electrons. The number of nitro benzene ring substituents is 1. The van der Waals surface area contributed by atoms with Crippen LogP contribution in [0, 0.1) is 10.1 Å². The normalized spacial score (nSPS) is 14.0. The second-order valence-electron chi connectivity index (χ2n) is 6.54. The first-order valence-corrected chi connectivity index (χ1v) is 9.87. The molecule has 3 heterocycles. The van der Waals surface area contributed by atoms with Gasteiger partial charge in [-0.15, -0.1) is 0 Å². The molecule has 0 amide bonds. The van der Waals surface area contributed by atoms with Crippen molar-refractivity contribution in [2.75, 3.05) is 43.7 Å². The molecule has 0 spiro atoms. The average Bonchev–Trinajstić information content (AvgIpc) is 3.28. The zero-order valence-corrected chi connectivity index (χ0v) is 17.7. The summed E-state index contributed by atoms with van der Waals surface area (Å²) in [6.07, 6.45) is 1.44. The van der Waals surface area contributed by atoms with Crippen molar-refractivity contribution in [1.82, 2.24) is 15.0 Å². The minimum atomic E-state index is -0.512. The molecule has 0 bridgehead atoms. The van der Waals surface area contributed by atoms with Crippen LogP contribution in [0.4, 0.5) is 17.6 Å². The van der Waals surface area contributed by atoms with Crippen LogP contribution in [-0.2, 0) is 4.74 Å². The molecular formula is C19H18ClN7O5. The van der Waals surface area contributed by atoms with E-state index in [4.69, 9.17) is 25.5 Å². The van der Waals surface area contributed by atoms with Crippen molar-refractivity contribution in [3.05, 3.63) is 51.2 Å². The predicted octanol–water partition coefficient (Wildman–Crippen LogP) is 2.98. The molecule has 12 nitrogen and oxygen atoms in total. The number of furan rings is 1. The topological polar surface area (TPSA) is 141 Å². The maximum atomic E-state index is 10.9. The molecule has 3 aromatic rings. The van der Waals surface area contributed by atoms with Crippen molar-refractivity contribution >= 4 is 35.4 Å². The Morgan fingerprint density at radius 2 is 2.06 bits per heavy atom. The number of non-ortho nitro benzene ring substituents is 1. The highest BCUT2D eigenvalue weighted by atomic mass is 35.5. The van der Waals surface area contributed by atoms with Crippen LogP contribution in [-0.4, -0.2) is 59.5 Å². The fraction of sp³-hybridized carbons (Fsp3) is 0.263. The number of benzene rings is 1. The lowest BCUT2D eigenvalue weighted by Gasteiger charge is -2.26. The van der Waals surface area contributed by atoms with Gasteiger partial charge in [0.15, 0.2) is 0 Å². The predicted molar refractivity (Wildman–Crippen MR) is 116 cm³/mol. The molecule has 13 heteroatoms. The smallest absolute Gasteiger partial charge is 0.322 e. The van der Waals surface area contributed by atoms with Gasteiger partial charge in [-0.25, -0.2) is 5.43 Å². The van der Waals surface area contributed by atoms with E-state index in [2.05, 4.69) is 25.5 Å². The van der Waals surface area contributed by atoms with Crippen LogP contribution in [0.3, 0.4) is 0 Å². The summed E-state index contributed by atoms with van der Waals surface area (Å²) in [6, 6.07) is 7.70. The summed E-state index contributed by atoms with van der Waals surface area (Å²) in [4.78, 5) is 25.1. The zero-order valence-electron chi connectivity index (χ0n) is 16.9. The van der Waals surface area contributed by atoms with E-state index < -0.39 is 4.92 Å². The van der Waals surface area contributed by atoms with Crippen LogP contribution in [0.2, 0.25) is 5.02 Å². The Labute approximate surface area is 187 Å². The summed E-state index contributed by atoms with van der Waals surface area (Å²) >= 11 is 6.15. The molecule has 1 aliphatic heterocycles. The van der Waals surface area contributed by atoms with Crippen LogP contribution in [0.1, 0.15) is 5.76 Å². The largest absolute Gasteiger partial charge is 0.467 e. The van der Waals surface area contributed by atoms with Gasteiger partial charge in [-0.05, 0) is 18.2 Å². The number of aromatic nitrogens is 3. The molecule has 1 N–H and O–H groups in total. The molecule has 1 saturated heterocycles. The summed E-state index contributed by atoms with van der Waals surface area (Å²) in [5.41, 5.74) is 3.17. The molecule has 1 aromatic carbocycles. The quantitative estimate of drug-likeness (QED) is 0.318. The van der Waals surface area contributed by atoms with Gasteiger partial charge >= 0.3 is 6.01 Å². The first kappa shape index (κ1) is 21.5. The SMILES string of the molecule is COc1nc(N/N=C\c2ccc(-c3ccc([N+](=O)[O-])cc3Cl)o2)nc(N2CCOCC2)n1. The number of nitro groups is 1. The van der Waals surface area contributed by atoms with E-state index in [0.29, 0.717) is 49.3 Å². The van der Waals surface area contributed by atoms with Crippen molar-refractivity contribution in [3.63, 3.8) is 0 Å². The van der Waals surface area contributed by atoms with Gasteiger partial charge in [0.2, 0.25) is 5.95 Å². The Balaban J connectivity index is 1.47. The number of nitrogens with one attached hydrogen (secondary N) is 1. The van der Waals surface area contributed by atoms with E-state index in [0.717, 1.165) is 0 Å². The number of halogens is 1. The van der Waals surface area contributed by atoms with E-state index in [1.54, 1.807) is 12.1 Å². The van der Waals surface area contributed by atoms with E-state index in [-0.39, 0.29) is 22.7 Å². The van der Waals surface area contributed by atoms with E-state index in [1.807, 2.05) is 4.90 Å². The molecule has 0 aliphatic carbocycles. The number of rotatable bonds is 7. The second kappa shape index (κ2) is 9.58. The maximum absolute atomic E-state index is 10.9. The summed E-state index contributed by atoms with van der Waals surface area (Å²) in [6.45, 7) is 2.51. The van der Waals surface area contributed by atoms with Crippen molar-refractivity contribution in [1.29, 1.82) is 0 Å². The summed E-state index contributed by atoms with van der Waals surface area (Å²) in [7, 11) is 1.47. The van der Waals surface area contributed by atoms with Gasteiger partial charge in [-0.1, -0.05) is 11.6 Å². The van der Waals surface area contributed by atoms with Crippen LogP contribution in [0.25, 0.3) is 11.3 Å². The molecule has 0 unspecified atom stereocenters. The molecule has 1 aliphatic rings. The van der Waals surface area contributed by atoms with Crippen molar-refractivity contribution in [3.8, 4) is 17.3 Å². The lowest BCUT2D eigenvalue weighted by Crippen LogP contribution is -2.37. The maximum Gasteiger partial charge on any atom is 0.322 e. The highest BCUT2D eigenvalue weighted by Gasteiger charge is 2.17. The number of nitrogens with zero attached hydrogens (tertiary/aromatic N) is 6. The molecule has 166 valence electrons. The Kier molecular flexibility index (Phi) is 6.42. The molecule has 1 fully saturated rings. The Morgan fingerprint density at radius 1 is 1.25 bits per heavy atom. The number of anilines is 2. The van der Waals surface area contributed by atoms with E-state index in [1.165, 1.54) is 31.5 Å². The first-order valence-electron chi connectivity index (χ1n) is 9.49. The monoisotopic (exact) mass is 459 g/mol. The van der Waals surface area contributed by atoms with Crippen LogP contribution < -0.4 is 15.1 Å². The first-order chi connectivity index (χ1) is 15.5. The summed E-state index contributed by atoms with van der Waals surface area (Å²) in [5.74, 6) is 1.55. The Hall–Kier alpha value is -3.77. The average molecular weight is 460 g/mol. The summed E-state index contributed by atoms with van der Waals surface area (Å²) in [5, 5.41) is 15.2. The van der Waals surface area contributed by atoms with Crippen LogP contribution >= 0.6 is 11.6 Å². The van der Waals surface area contributed by atoms with E-state index in [9.17, 15) is 10.1 Å². The van der Waals surface area contributed by atoms with Gasteiger partial charge < -0.3 is 18.8 Å². The van der Waals surface area contributed by atoms with Gasteiger partial charge in [0.05, 0.1) is 36.5 Å². The molecule has 32 heavy (non-hydrogen) atoms. The number of hydrogen-bond donors (Lipinski definition) is 1. The fourth-order valence-electron chi connectivity index (χ4n) is 2.93. The molecule has 2 aromatic heterocycles. The summed E-state index contributed by atoms with van der Waals surface area (Å²) < 4.78 is 16.2. The fourth-order valence-corrected chi connectivity index (χ4v) is 3.20. The zero-order chi connectivity index (χ0) is 22.5. The van der Waals surface area contributed by atoms with Crippen molar-refractivity contribution in [2.24, 2.45) is 5.10 Å². The second-order valence-corrected chi connectivity index (χ2v) is 6.95. The van der Waals surface area contributed by atoms with Gasteiger partial charge in [0.25, 0.3) is 11.6 Å². The number of ether oxygens (including phenoxy) is 2. The van der Waals surface area contributed by atoms with Crippen molar-refractivity contribution in [2.45, 2.75) is 0 Å². The van der Waals surface area contributed by atoms with Crippen molar-refractivity contribution < 1.29 is 18.8 Å². The van der Waals surface area contributed by atoms with Gasteiger partial charge in [0.1, 0.15) is 11.5 Å². The third kappa shape index (κ3) is 4.92. The number of hydrazone groups is 1. The highest BCUT2D eigenvalue weighted by Crippen LogP contribution is 2.32. The standard InChI is InChI=1S/C19H18ClN7O5/c1-30-19-23-17(22-18(24-19)26-6-8-31-9-7-26)25-21-11-13-3-5-16(32-13)14-4-2-12(27(28)29)10-15(14)20/h2-5,10-11H,6-9H2,1H3,(H,22,23,24,25)/b21-11-. The third-order valence-corrected chi connectivity index (χ3v) is 4.80. The number of morpholine rings is 1. The lowest BCUT2D eigenvalue weighted by molar-refractivity contribution is -0.384. The van der Waals surface area contributed by atoms with Gasteiger partial charge in [-0.2, -0.15) is 20.1 Å². The van der Waals surface area contributed by atoms with Gasteiger partial charge in [0, 0.05) is 30.8 Å². The molecule has 4 rings (SSSR count). The van der Waals surface area contributed by atoms with E-state index >= 15 is 0 Å². The Morgan fingerprint density at radius 3 is 2.78 bits per heavy atom. The highest BCUT2D eigenvalue weighted by molar-refractivity contribution is 6.33. The Bertz CT molecular complexity index is 1150. The minimum absolute atomic E-state index is 0.0967. The minimum Gasteiger partial charge on any atom is -0.467 e. The number of methoxy groups -OCH3 is 1.